The minimum absolute atomic E-state index is 0.0408. The van der Waals surface area contributed by atoms with Gasteiger partial charge in [-0.25, -0.2) is 0 Å². The molecule has 0 saturated heterocycles. The fraction of sp³-hybridized carbons (Fsp3) is 0.333. The Labute approximate surface area is 71.5 Å². The van der Waals surface area contributed by atoms with Gasteiger partial charge in [0.2, 0.25) is 0 Å². The molecule has 0 radical (unpaired) electrons. The molecule has 0 heterocycles. The molecule has 0 aliphatic heterocycles. The number of phenols is 2. The van der Waals surface area contributed by atoms with Crippen LogP contribution in [0.2, 0.25) is 0 Å². The highest BCUT2D eigenvalue weighted by atomic mass is 16.3. The zero-order valence-corrected chi connectivity index (χ0v) is 7.04. The number of benzene rings is 1. The Bertz CT molecular complexity index is 284. The molecule has 1 aromatic carbocycles. The predicted molar refractivity (Wildman–Crippen MR) is 47.3 cm³/mol. The highest BCUT2D eigenvalue weighted by Gasteiger charge is 2.07. The smallest absolute Gasteiger partial charge is 0.160 e. The van der Waals surface area contributed by atoms with Crippen LogP contribution in [0.1, 0.15) is 11.1 Å². The quantitative estimate of drug-likeness (QED) is 0.573. The molecule has 0 saturated carbocycles. The SMILES string of the molecule is Cc1ccc(CCN)c(O)c1O. The molecule has 1 aromatic rings. The van der Waals surface area contributed by atoms with Gasteiger partial charge in [0.1, 0.15) is 0 Å². The third-order valence-corrected chi connectivity index (χ3v) is 1.85. The summed E-state index contributed by atoms with van der Waals surface area (Å²) >= 11 is 0. The first-order valence-electron chi connectivity index (χ1n) is 3.87. The third kappa shape index (κ3) is 1.51. The number of nitrogens with two attached hydrogens (primary N) is 1. The molecule has 0 bridgehead atoms. The highest BCUT2D eigenvalue weighted by Crippen LogP contribution is 2.31. The molecule has 0 unspecified atom stereocenters. The Morgan fingerprint density at radius 1 is 1.25 bits per heavy atom. The molecule has 66 valence electrons. The molecule has 3 nitrogen and oxygen atoms in total. The normalized spacial score (nSPS) is 10.2. The van der Waals surface area contributed by atoms with Crippen LogP contribution in [0.5, 0.6) is 11.5 Å². The lowest BCUT2D eigenvalue weighted by Crippen LogP contribution is -2.02. The predicted octanol–water partition coefficient (Wildman–Crippen LogP) is 0.907. The van der Waals surface area contributed by atoms with E-state index in [1.54, 1.807) is 19.1 Å². The summed E-state index contributed by atoms with van der Waals surface area (Å²) < 4.78 is 0. The molecule has 12 heavy (non-hydrogen) atoms. The molecule has 4 N–H and O–H groups in total. The number of rotatable bonds is 2. The van der Waals surface area contributed by atoms with Crippen LogP contribution in [-0.2, 0) is 6.42 Å². The first kappa shape index (κ1) is 8.87. The second-order valence-electron chi connectivity index (χ2n) is 2.78. The van der Waals surface area contributed by atoms with E-state index >= 15 is 0 Å². The van der Waals surface area contributed by atoms with Crippen molar-refractivity contribution in [3.05, 3.63) is 23.3 Å². The van der Waals surface area contributed by atoms with E-state index in [1.165, 1.54) is 0 Å². The summed E-state index contributed by atoms with van der Waals surface area (Å²) in [5, 5.41) is 18.7. The van der Waals surface area contributed by atoms with E-state index in [9.17, 15) is 10.2 Å². The average molecular weight is 167 g/mol. The van der Waals surface area contributed by atoms with Gasteiger partial charge in [-0.1, -0.05) is 12.1 Å². The van der Waals surface area contributed by atoms with Crippen molar-refractivity contribution in [2.75, 3.05) is 6.54 Å². The number of hydrogen-bond donors (Lipinski definition) is 3. The second kappa shape index (κ2) is 3.45. The van der Waals surface area contributed by atoms with Gasteiger partial charge in [0.15, 0.2) is 11.5 Å². The Kier molecular flexibility index (Phi) is 2.55. The molecule has 0 fully saturated rings. The number of hydrogen-bond acceptors (Lipinski definition) is 3. The summed E-state index contributed by atoms with van der Waals surface area (Å²) in [6.07, 6.45) is 0.583. The van der Waals surface area contributed by atoms with Crippen molar-refractivity contribution >= 4 is 0 Å². The van der Waals surface area contributed by atoms with E-state index in [1.807, 2.05) is 0 Å². The third-order valence-electron chi connectivity index (χ3n) is 1.85. The molecule has 0 amide bonds. The van der Waals surface area contributed by atoms with Gasteiger partial charge in [0.05, 0.1) is 0 Å². The highest BCUT2D eigenvalue weighted by molar-refractivity contribution is 5.49. The number of aromatic hydroxyl groups is 2. The zero-order valence-electron chi connectivity index (χ0n) is 7.04. The summed E-state index contributed by atoms with van der Waals surface area (Å²) in [5.41, 5.74) is 6.69. The van der Waals surface area contributed by atoms with Crippen LogP contribution in [0.4, 0.5) is 0 Å². The van der Waals surface area contributed by atoms with E-state index in [-0.39, 0.29) is 11.5 Å². The summed E-state index contributed by atoms with van der Waals surface area (Å²) in [6, 6.07) is 3.54. The van der Waals surface area contributed by atoms with Gasteiger partial charge in [-0.3, -0.25) is 0 Å². The molecule has 0 aliphatic rings. The van der Waals surface area contributed by atoms with Crippen molar-refractivity contribution < 1.29 is 10.2 Å². The zero-order chi connectivity index (χ0) is 9.14. The maximum Gasteiger partial charge on any atom is 0.160 e. The molecular weight excluding hydrogens is 154 g/mol. The molecule has 0 spiro atoms. The Hall–Kier alpha value is -1.22. The minimum atomic E-state index is -0.0412. The maximum atomic E-state index is 9.40. The molecule has 3 heteroatoms. The van der Waals surface area contributed by atoms with Crippen LogP contribution < -0.4 is 5.73 Å². The van der Waals surface area contributed by atoms with Gasteiger partial charge >= 0.3 is 0 Å². The van der Waals surface area contributed by atoms with Crippen molar-refractivity contribution in [2.24, 2.45) is 5.73 Å². The van der Waals surface area contributed by atoms with E-state index in [2.05, 4.69) is 0 Å². The molecular formula is C9H13NO2. The van der Waals surface area contributed by atoms with Crippen LogP contribution in [-0.4, -0.2) is 16.8 Å². The van der Waals surface area contributed by atoms with Crippen molar-refractivity contribution in [1.82, 2.24) is 0 Å². The average Bonchev–Trinajstić information content (AvgIpc) is 2.07. The Morgan fingerprint density at radius 2 is 1.92 bits per heavy atom. The van der Waals surface area contributed by atoms with E-state index < -0.39 is 0 Å². The topological polar surface area (TPSA) is 66.5 Å². The van der Waals surface area contributed by atoms with Crippen molar-refractivity contribution in [3.8, 4) is 11.5 Å². The lowest BCUT2D eigenvalue weighted by Gasteiger charge is -2.06. The fourth-order valence-electron chi connectivity index (χ4n) is 1.08. The van der Waals surface area contributed by atoms with Crippen molar-refractivity contribution in [2.45, 2.75) is 13.3 Å². The van der Waals surface area contributed by atoms with Gasteiger partial charge in [-0.05, 0) is 31.0 Å². The summed E-state index contributed by atoms with van der Waals surface area (Å²) in [7, 11) is 0. The first-order valence-corrected chi connectivity index (χ1v) is 3.87. The number of phenolic OH excluding ortho intramolecular Hbond substituents is 2. The molecule has 1 rings (SSSR count). The number of aryl methyl sites for hydroxylation is 1. The van der Waals surface area contributed by atoms with Gasteiger partial charge < -0.3 is 15.9 Å². The summed E-state index contributed by atoms with van der Waals surface area (Å²) in [6.45, 7) is 2.21. The van der Waals surface area contributed by atoms with Crippen molar-refractivity contribution in [3.63, 3.8) is 0 Å². The van der Waals surface area contributed by atoms with E-state index in [0.717, 1.165) is 0 Å². The lowest BCUT2D eigenvalue weighted by molar-refractivity contribution is 0.397. The maximum absolute atomic E-state index is 9.40. The van der Waals surface area contributed by atoms with Crippen LogP contribution >= 0.6 is 0 Å². The van der Waals surface area contributed by atoms with Crippen LogP contribution in [0.3, 0.4) is 0 Å². The summed E-state index contributed by atoms with van der Waals surface area (Å²) in [5.74, 6) is -0.0820. The molecule has 0 aliphatic carbocycles. The Morgan fingerprint density at radius 3 is 2.50 bits per heavy atom. The van der Waals surface area contributed by atoms with Crippen molar-refractivity contribution in [1.29, 1.82) is 0 Å². The second-order valence-corrected chi connectivity index (χ2v) is 2.78. The fourth-order valence-corrected chi connectivity index (χ4v) is 1.08. The van der Waals surface area contributed by atoms with Gasteiger partial charge in [-0.2, -0.15) is 0 Å². The van der Waals surface area contributed by atoms with Gasteiger partial charge in [0, 0.05) is 0 Å². The lowest BCUT2D eigenvalue weighted by atomic mass is 10.1. The first-order chi connectivity index (χ1) is 5.66. The van der Waals surface area contributed by atoms with Gasteiger partial charge in [0.25, 0.3) is 0 Å². The Balaban J connectivity index is 3.08. The van der Waals surface area contributed by atoms with E-state index in [4.69, 9.17) is 5.73 Å². The monoisotopic (exact) mass is 167 g/mol. The largest absolute Gasteiger partial charge is 0.504 e. The van der Waals surface area contributed by atoms with Gasteiger partial charge in [-0.15, -0.1) is 0 Å². The van der Waals surface area contributed by atoms with E-state index in [0.29, 0.717) is 24.1 Å². The standard InChI is InChI=1S/C9H13NO2/c1-6-2-3-7(4-5-10)9(12)8(6)11/h2-3,11-12H,4-5,10H2,1H3. The molecule has 0 aromatic heterocycles. The van der Waals surface area contributed by atoms with Crippen LogP contribution in [0, 0.1) is 6.92 Å². The molecule has 0 atom stereocenters. The van der Waals surface area contributed by atoms with Crippen LogP contribution in [0.25, 0.3) is 0 Å². The minimum Gasteiger partial charge on any atom is -0.504 e. The summed E-state index contributed by atoms with van der Waals surface area (Å²) in [4.78, 5) is 0. The van der Waals surface area contributed by atoms with Crippen LogP contribution in [0.15, 0.2) is 12.1 Å².